The third-order valence-electron chi connectivity index (χ3n) is 8.90. The van der Waals surface area contributed by atoms with Crippen molar-refractivity contribution in [2.75, 3.05) is 19.8 Å². The van der Waals surface area contributed by atoms with Crippen molar-refractivity contribution in [1.82, 2.24) is 9.80 Å². The van der Waals surface area contributed by atoms with E-state index in [0.29, 0.717) is 26.0 Å². The first-order valence-corrected chi connectivity index (χ1v) is 17.3. The SMILES string of the molecule is C=CCCCCOC(=O)[C@H]1[C@@H]2SC3(CC2Br)C(C(=O)N(CC=C)C(C)(C)CC(C)(C)C)N([C@@H](CO)CC(C)C)C(=O)[C@H]13. The van der Waals surface area contributed by atoms with Gasteiger partial charge in [0.1, 0.15) is 6.04 Å². The van der Waals surface area contributed by atoms with Crippen LogP contribution in [-0.4, -0.2) is 84.9 Å². The van der Waals surface area contributed by atoms with Crippen molar-refractivity contribution in [2.24, 2.45) is 23.2 Å². The van der Waals surface area contributed by atoms with Crippen LogP contribution in [0.2, 0.25) is 0 Å². The van der Waals surface area contributed by atoms with Crippen molar-refractivity contribution in [3.63, 3.8) is 0 Å². The second-order valence-corrected chi connectivity index (χ2v) is 17.3. The molecule has 3 saturated heterocycles. The third kappa shape index (κ3) is 6.98. The van der Waals surface area contributed by atoms with Gasteiger partial charge in [0.25, 0.3) is 0 Å². The number of alkyl halides is 1. The van der Waals surface area contributed by atoms with Crippen molar-refractivity contribution in [3.8, 4) is 0 Å². The number of aliphatic hydroxyl groups excluding tert-OH is 1. The Morgan fingerprint density at radius 3 is 2.43 bits per heavy atom. The van der Waals surface area contributed by atoms with Crippen LogP contribution in [-0.2, 0) is 19.1 Å². The van der Waals surface area contributed by atoms with Crippen molar-refractivity contribution in [2.45, 2.75) is 119 Å². The molecule has 2 amide bonds. The molecule has 3 aliphatic rings. The smallest absolute Gasteiger partial charge is 0.310 e. The first kappa shape index (κ1) is 35.2. The highest BCUT2D eigenvalue weighted by atomic mass is 79.9. The summed E-state index contributed by atoms with van der Waals surface area (Å²) < 4.78 is 4.98. The molecule has 3 heterocycles. The summed E-state index contributed by atoms with van der Waals surface area (Å²) in [6.45, 7) is 22.8. The van der Waals surface area contributed by atoms with Crippen LogP contribution < -0.4 is 0 Å². The highest BCUT2D eigenvalue weighted by Gasteiger charge is 2.77. The molecule has 3 unspecified atom stereocenters. The lowest BCUT2D eigenvalue weighted by Crippen LogP contribution is -2.62. The molecule has 0 aromatic heterocycles. The highest BCUT2D eigenvalue weighted by molar-refractivity contribution is 9.09. The summed E-state index contributed by atoms with van der Waals surface area (Å²) in [5.41, 5.74) is -0.554. The summed E-state index contributed by atoms with van der Waals surface area (Å²) >= 11 is 5.45. The van der Waals surface area contributed by atoms with Crippen LogP contribution in [0.25, 0.3) is 0 Å². The van der Waals surface area contributed by atoms with Gasteiger partial charge in [-0.25, -0.2) is 0 Å². The Balaban J connectivity index is 2.08. The lowest BCUT2D eigenvalue weighted by atomic mass is 9.70. The van der Waals surface area contributed by atoms with Crippen molar-refractivity contribution in [3.05, 3.63) is 25.3 Å². The molecule has 3 aliphatic heterocycles. The number of nitrogens with zero attached hydrogens (tertiary/aromatic N) is 2. The van der Waals surface area contributed by atoms with Gasteiger partial charge >= 0.3 is 5.97 Å². The fraction of sp³-hybridized carbons (Fsp3) is 0.788. The molecule has 1 N–H and O–H groups in total. The minimum absolute atomic E-state index is 0.0340. The summed E-state index contributed by atoms with van der Waals surface area (Å²) in [5.74, 6) is -1.81. The lowest BCUT2D eigenvalue weighted by molar-refractivity contribution is -0.154. The van der Waals surface area contributed by atoms with Crippen LogP contribution in [0.3, 0.4) is 0 Å². The number of fused-ring (bicyclic) bond motifs is 1. The molecule has 0 aromatic rings. The summed E-state index contributed by atoms with van der Waals surface area (Å²) in [4.78, 5) is 46.7. The number of rotatable bonds is 15. The number of carbonyl (C=O) groups excluding carboxylic acids is 3. The number of halogens is 1. The minimum atomic E-state index is -0.800. The molecule has 2 bridgehead atoms. The summed E-state index contributed by atoms with van der Waals surface area (Å²) in [5, 5.41) is 10.4. The number of likely N-dealkylation sites (tertiary alicyclic amines) is 1. The maximum Gasteiger partial charge on any atom is 0.310 e. The number of unbranched alkanes of at least 4 members (excludes halogenated alkanes) is 2. The number of esters is 1. The van der Waals surface area contributed by atoms with Crippen LogP contribution in [0.4, 0.5) is 0 Å². The molecule has 7 atom stereocenters. The van der Waals surface area contributed by atoms with E-state index in [1.807, 2.05) is 11.0 Å². The summed E-state index contributed by atoms with van der Waals surface area (Å²) in [7, 11) is 0. The van der Waals surface area contributed by atoms with Crippen molar-refractivity contribution < 1.29 is 24.2 Å². The molecule has 7 nitrogen and oxygen atoms in total. The molecular formula is C33H53BrN2O5S. The van der Waals surface area contributed by atoms with Gasteiger partial charge in [0, 0.05) is 22.2 Å². The van der Waals surface area contributed by atoms with Crippen LogP contribution >= 0.6 is 27.7 Å². The molecule has 42 heavy (non-hydrogen) atoms. The predicted octanol–water partition coefficient (Wildman–Crippen LogP) is 5.99. The van der Waals surface area contributed by atoms with Gasteiger partial charge in [0.2, 0.25) is 11.8 Å². The molecule has 1 spiro atoms. The fourth-order valence-electron chi connectivity index (χ4n) is 7.79. The zero-order chi connectivity index (χ0) is 31.6. The first-order valence-electron chi connectivity index (χ1n) is 15.5. The molecule has 3 fully saturated rings. The number of hydrogen-bond acceptors (Lipinski definition) is 6. The van der Waals surface area contributed by atoms with E-state index in [0.717, 1.165) is 25.7 Å². The Morgan fingerprint density at radius 1 is 1.21 bits per heavy atom. The number of ether oxygens (including phenoxy) is 1. The van der Waals surface area contributed by atoms with E-state index in [4.69, 9.17) is 4.74 Å². The summed E-state index contributed by atoms with van der Waals surface area (Å²) in [6, 6.07) is -1.32. The Bertz CT molecular complexity index is 1030. The predicted molar refractivity (Wildman–Crippen MR) is 174 cm³/mol. The number of allylic oxidation sites excluding steroid dienone is 1. The second-order valence-electron chi connectivity index (χ2n) is 14.6. The Labute approximate surface area is 266 Å². The number of aliphatic hydroxyl groups is 1. The second kappa shape index (κ2) is 13.8. The lowest BCUT2D eigenvalue weighted by Gasteiger charge is -2.47. The van der Waals surface area contributed by atoms with E-state index in [-0.39, 0.29) is 45.8 Å². The van der Waals surface area contributed by atoms with Gasteiger partial charge in [0.05, 0.1) is 35.8 Å². The normalized spacial score (nSPS) is 29.5. The molecule has 238 valence electrons. The van der Waals surface area contributed by atoms with E-state index in [2.05, 4.69) is 77.6 Å². The van der Waals surface area contributed by atoms with E-state index >= 15 is 0 Å². The van der Waals surface area contributed by atoms with Crippen molar-refractivity contribution in [1.29, 1.82) is 0 Å². The monoisotopic (exact) mass is 668 g/mol. The minimum Gasteiger partial charge on any atom is -0.465 e. The van der Waals surface area contributed by atoms with Gasteiger partial charge in [-0.1, -0.05) is 62.7 Å². The van der Waals surface area contributed by atoms with Gasteiger partial charge in [0.15, 0.2) is 0 Å². The number of carbonyl (C=O) groups is 3. The van der Waals surface area contributed by atoms with Gasteiger partial charge in [-0.15, -0.1) is 24.9 Å². The molecule has 0 aromatic carbocycles. The van der Waals surface area contributed by atoms with E-state index in [1.54, 1.807) is 22.7 Å². The molecule has 0 saturated carbocycles. The van der Waals surface area contributed by atoms with Crippen LogP contribution in [0.5, 0.6) is 0 Å². The molecule has 9 heteroatoms. The van der Waals surface area contributed by atoms with Crippen LogP contribution in [0, 0.1) is 23.2 Å². The number of amides is 2. The van der Waals surface area contributed by atoms with E-state index in [1.165, 1.54) is 0 Å². The van der Waals surface area contributed by atoms with Crippen LogP contribution in [0.1, 0.15) is 87.0 Å². The Morgan fingerprint density at radius 2 is 1.88 bits per heavy atom. The quantitative estimate of drug-likeness (QED) is 0.0999. The third-order valence-corrected chi connectivity index (χ3v) is 12.1. The zero-order valence-corrected chi connectivity index (χ0v) is 29.1. The standard InChI is InChI=1S/C33H53BrN2O5S/c1-10-12-13-14-16-41-30(40)24-25-28(38)36(22(19-37)17-21(3)4)27(33(25)18-23(34)26(24)42-33)29(39)35(15-11-2)32(8,9)20-31(5,6)7/h10-11,21-27,37H,1-2,12-20H2,3-9H3/t22-,23?,24-,25+,26-,27?,33?/m1/s1. The average molecular weight is 670 g/mol. The maximum absolute atomic E-state index is 15.0. The van der Waals surface area contributed by atoms with Gasteiger partial charge in [-0.2, -0.15) is 0 Å². The van der Waals surface area contributed by atoms with Crippen LogP contribution in [0.15, 0.2) is 25.3 Å². The molecule has 0 aliphatic carbocycles. The van der Waals surface area contributed by atoms with Crippen molar-refractivity contribution >= 4 is 45.5 Å². The molecule has 3 rings (SSSR count). The first-order chi connectivity index (χ1) is 19.6. The Hall–Kier alpha value is -1.32. The average Bonchev–Trinajstić information content (AvgIpc) is 3.47. The topological polar surface area (TPSA) is 87.2 Å². The number of thioether (sulfide) groups is 1. The number of hydrogen-bond donors (Lipinski definition) is 1. The van der Waals surface area contributed by atoms with Gasteiger partial charge in [-0.3, -0.25) is 14.4 Å². The summed E-state index contributed by atoms with van der Waals surface area (Å²) in [6.07, 6.45) is 7.98. The van der Waals surface area contributed by atoms with E-state index < -0.39 is 34.2 Å². The molecule has 0 radical (unpaired) electrons. The zero-order valence-electron chi connectivity index (χ0n) is 26.7. The fourth-order valence-corrected chi connectivity index (χ4v) is 11.4. The largest absolute Gasteiger partial charge is 0.465 e. The maximum atomic E-state index is 15.0. The van der Waals surface area contributed by atoms with E-state index in [9.17, 15) is 19.5 Å². The highest BCUT2D eigenvalue weighted by Crippen LogP contribution is 2.68. The van der Waals surface area contributed by atoms with Gasteiger partial charge < -0.3 is 19.6 Å². The Kier molecular flexibility index (Phi) is 11.5. The van der Waals surface area contributed by atoms with Gasteiger partial charge in [-0.05, 0) is 63.7 Å². The molecular weight excluding hydrogens is 616 g/mol.